The van der Waals surface area contributed by atoms with Gasteiger partial charge in [-0.3, -0.25) is 4.79 Å². The van der Waals surface area contributed by atoms with Crippen molar-refractivity contribution in [1.29, 1.82) is 0 Å². The molecule has 1 amide bonds. The van der Waals surface area contributed by atoms with E-state index in [1.54, 1.807) is 12.1 Å². The molecule has 4 rings (SSSR count). The maximum Gasteiger partial charge on any atom is 0.416 e. The molecule has 9 heteroatoms. The Morgan fingerprint density at radius 1 is 1.03 bits per heavy atom. The first-order valence-electron chi connectivity index (χ1n) is 9.95. The molecule has 168 valence electrons. The van der Waals surface area contributed by atoms with Crippen LogP contribution in [-0.4, -0.2) is 29.1 Å². The van der Waals surface area contributed by atoms with Gasteiger partial charge in [0.05, 0.1) is 17.8 Å². The monoisotopic (exact) mass is 470 g/mol. The molecule has 1 atom stereocenters. The maximum atomic E-state index is 13.0. The van der Waals surface area contributed by atoms with Crippen LogP contribution in [-0.2, 0) is 6.18 Å². The van der Waals surface area contributed by atoms with Crippen molar-refractivity contribution in [2.24, 2.45) is 15.8 Å². The van der Waals surface area contributed by atoms with Gasteiger partial charge < -0.3 is 5.73 Å². The van der Waals surface area contributed by atoms with E-state index in [2.05, 4.69) is 10.1 Å². The number of aliphatic imine (C=N–C) groups is 1. The Bertz CT molecular complexity index is 1220. The zero-order chi connectivity index (χ0) is 23.6. The number of hydrazone groups is 1. The van der Waals surface area contributed by atoms with Crippen molar-refractivity contribution in [3.8, 4) is 0 Å². The van der Waals surface area contributed by atoms with E-state index in [9.17, 15) is 18.0 Å². The van der Waals surface area contributed by atoms with Crippen LogP contribution in [0.4, 0.5) is 13.2 Å². The van der Waals surface area contributed by atoms with Gasteiger partial charge in [-0.05, 0) is 41.5 Å². The van der Waals surface area contributed by atoms with E-state index in [4.69, 9.17) is 17.3 Å². The van der Waals surface area contributed by atoms with Crippen molar-refractivity contribution >= 4 is 29.2 Å². The third-order valence-corrected chi connectivity index (χ3v) is 5.43. The first-order chi connectivity index (χ1) is 15.7. The van der Waals surface area contributed by atoms with E-state index in [0.29, 0.717) is 17.3 Å². The fourth-order valence-electron chi connectivity index (χ4n) is 3.53. The number of benzene rings is 3. The molecule has 1 unspecified atom stereocenters. The fourth-order valence-corrected chi connectivity index (χ4v) is 3.65. The summed E-state index contributed by atoms with van der Waals surface area (Å²) in [6.07, 6.45) is -4.57. The Morgan fingerprint density at radius 2 is 1.73 bits per heavy atom. The molecule has 1 heterocycles. The van der Waals surface area contributed by atoms with Gasteiger partial charge in [-0.25, -0.2) is 5.01 Å². The predicted octanol–water partition coefficient (Wildman–Crippen LogP) is 5.32. The second-order valence-corrected chi connectivity index (χ2v) is 7.83. The zero-order valence-electron chi connectivity index (χ0n) is 17.1. The van der Waals surface area contributed by atoms with Crippen LogP contribution in [0, 0.1) is 0 Å². The van der Waals surface area contributed by atoms with E-state index < -0.39 is 17.6 Å². The van der Waals surface area contributed by atoms with Crippen LogP contribution in [0.5, 0.6) is 0 Å². The van der Waals surface area contributed by atoms with Crippen molar-refractivity contribution in [3.63, 3.8) is 0 Å². The van der Waals surface area contributed by atoms with E-state index in [1.807, 2.05) is 42.5 Å². The van der Waals surface area contributed by atoms with Crippen molar-refractivity contribution in [2.75, 3.05) is 6.54 Å². The summed E-state index contributed by atoms with van der Waals surface area (Å²) in [5.74, 6) is -1.25. The van der Waals surface area contributed by atoms with Gasteiger partial charge in [-0.15, -0.1) is 0 Å². The molecule has 2 N–H and O–H groups in total. The Morgan fingerprint density at radius 3 is 2.39 bits per heavy atom. The molecule has 0 saturated carbocycles. The summed E-state index contributed by atoms with van der Waals surface area (Å²) in [5, 5.41) is 6.53. The van der Waals surface area contributed by atoms with Gasteiger partial charge in [0, 0.05) is 16.5 Å². The smallest absolute Gasteiger partial charge is 0.368 e. The topological polar surface area (TPSA) is 71.0 Å². The highest BCUT2D eigenvalue weighted by atomic mass is 35.5. The number of carbonyl (C=O) groups is 1. The third kappa shape index (κ3) is 5.06. The molecule has 0 aromatic heterocycles. The Hall–Kier alpha value is -3.65. The number of alkyl halides is 3. The number of nitrogens with two attached hydrogens (primary N) is 1. The molecule has 0 fully saturated rings. The number of guanidine groups is 1. The predicted molar refractivity (Wildman–Crippen MR) is 121 cm³/mol. The first kappa shape index (κ1) is 22.5. The van der Waals surface area contributed by atoms with Crippen LogP contribution in [0.1, 0.15) is 33.0 Å². The summed E-state index contributed by atoms with van der Waals surface area (Å²) < 4.78 is 38.9. The summed E-state index contributed by atoms with van der Waals surface area (Å²) in [6, 6.07) is 20.8. The summed E-state index contributed by atoms with van der Waals surface area (Å²) in [5.41, 5.74) is 7.43. The normalized spacial score (nSPS) is 16.6. The number of hydrogen-bond acceptors (Lipinski definition) is 2. The molecule has 0 radical (unpaired) electrons. The van der Waals surface area contributed by atoms with Gasteiger partial charge >= 0.3 is 6.18 Å². The lowest BCUT2D eigenvalue weighted by atomic mass is 9.91. The number of hydrogen-bond donors (Lipinski definition) is 1. The molecule has 0 bridgehead atoms. The minimum absolute atomic E-state index is 0.162. The van der Waals surface area contributed by atoms with Crippen LogP contribution in [0.2, 0.25) is 5.02 Å². The summed E-state index contributed by atoms with van der Waals surface area (Å²) in [4.78, 5) is 16.3. The maximum absolute atomic E-state index is 13.0. The van der Waals surface area contributed by atoms with Crippen LogP contribution in [0.15, 0.2) is 89.0 Å². The average molecular weight is 471 g/mol. The highest BCUT2D eigenvalue weighted by molar-refractivity contribution is 6.30. The molecule has 3 aromatic carbocycles. The van der Waals surface area contributed by atoms with Gasteiger partial charge in [-0.1, -0.05) is 60.1 Å². The highest BCUT2D eigenvalue weighted by Crippen LogP contribution is 2.31. The third-order valence-electron chi connectivity index (χ3n) is 5.17. The molecule has 3 aromatic rings. The Labute approximate surface area is 193 Å². The fraction of sp³-hybridized carbons (Fsp3) is 0.125. The van der Waals surface area contributed by atoms with Gasteiger partial charge in [0.1, 0.15) is 0 Å². The van der Waals surface area contributed by atoms with Crippen LogP contribution >= 0.6 is 11.6 Å². The van der Waals surface area contributed by atoms with Crippen LogP contribution in [0.3, 0.4) is 0 Å². The van der Waals surface area contributed by atoms with Crippen LogP contribution < -0.4 is 5.73 Å². The first-order valence-corrected chi connectivity index (χ1v) is 10.3. The van der Waals surface area contributed by atoms with E-state index in [1.165, 1.54) is 11.1 Å². The second-order valence-electron chi connectivity index (χ2n) is 7.39. The summed E-state index contributed by atoms with van der Waals surface area (Å²) in [7, 11) is 0. The highest BCUT2D eigenvalue weighted by Gasteiger charge is 2.32. The van der Waals surface area contributed by atoms with E-state index in [0.717, 1.165) is 29.3 Å². The number of amides is 1. The number of rotatable bonds is 3. The summed E-state index contributed by atoms with van der Waals surface area (Å²) >= 11 is 6.01. The Balaban J connectivity index is 1.64. The van der Waals surface area contributed by atoms with E-state index in [-0.39, 0.29) is 17.4 Å². The Kier molecular flexibility index (Phi) is 6.20. The van der Waals surface area contributed by atoms with Gasteiger partial charge in [-0.2, -0.15) is 23.3 Å². The van der Waals surface area contributed by atoms with Crippen molar-refractivity contribution in [3.05, 3.63) is 106 Å². The van der Waals surface area contributed by atoms with Crippen molar-refractivity contribution in [2.45, 2.75) is 12.1 Å². The molecular weight excluding hydrogens is 453 g/mol. The SMILES string of the molecule is NC(=NC(=O)c1cccc(C(F)(F)F)c1)N1CC(c2ccccc2)C(c2ccc(Cl)cc2)=N1. The average Bonchev–Trinajstić information content (AvgIpc) is 3.25. The van der Waals surface area contributed by atoms with Crippen LogP contribution in [0.25, 0.3) is 0 Å². The molecule has 0 aliphatic carbocycles. The molecule has 5 nitrogen and oxygen atoms in total. The van der Waals surface area contributed by atoms with Gasteiger partial charge in [0.25, 0.3) is 5.91 Å². The molecule has 1 aliphatic rings. The quantitative estimate of drug-likeness (QED) is 0.416. The van der Waals surface area contributed by atoms with E-state index >= 15 is 0 Å². The standard InChI is InChI=1S/C24H18ClF3N4O/c25-19-11-9-16(10-12-19)21-20(15-5-2-1-3-6-15)14-32(31-21)23(29)30-22(33)17-7-4-8-18(13-17)24(26,27)28/h1-13,20H,14H2,(H2,29,30,33). The number of halogens is 4. The zero-order valence-corrected chi connectivity index (χ0v) is 17.9. The van der Waals surface area contributed by atoms with Gasteiger partial charge in [0.15, 0.2) is 0 Å². The lowest BCUT2D eigenvalue weighted by molar-refractivity contribution is -0.137. The molecular formula is C24H18ClF3N4O. The largest absolute Gasteiger partial charge is 0.416 e. The lowest BCUT2D eigenvalue weighted by Crippen LogP contribution is -2.33. The molecule has 33 heavy (non-hydrogen) atoms. The molecule has 0 saturated heterocycles. The van der Waals surface area contributed by atoms with Crippen molar-refractivity contribution < 1.29 is 18.0 Å². The molecule has 0 spiro atoms. The minimum atomic E-state index is -4.57. The van der Waals surface area contributed by atoms with Gasteiger partial charge in [0.2, 0.25) is 5.96 Å². The lowest BCUT2D eigenvalue weighted by Gasteiger charge is -2.15. The minimum Gasteiger partial charge on any atom is -0.368 e. The van der Waals surface area contributed by atoms with Crippen molar-refractivity contribution in [1.82, 2.24) is 5.01 Å². The number of nitrogens with zero attached hydrogens (tertiary/aromatic N) is 3. The summed E-state index contributed by atoms with van der Waals surface area (Å²) in [6.45, 7) is 0.313. The second kappa shape index (κ2) is 9.07. The molecule has 1 aliphatic heterocycles. The number of carbonyl (C=O) groups excluding carboxylic acids is 1.